The SMILES string of the molecule is O=C(c1ccccc1-n1cnnn1)N1CCN(S(=O)(=O)c2cccs2)CC1. The molecule has 4 rings (SSSR count). The van der Waals surface area contributed by atoms with Gasteiger partial charge in [0, 0.05) is 26.2 Å². The molecule has 0 radical (unpaired) electrons. The van der Waals surface area contributed by atoms with Gasteiger partial charge in [0.25, 0.3) is 15.9 Å². The second-order valence-electron chi connectivity index (χ2n) is 5.90. The predicted octanol–water partition coefficient (Wildman–Crippen LogP) is 0.871. The predicted molar refractivity (Wildman–Crippen MR) is 98.1 cm³/mol. The Bertz CT molecular complexity index is 1030. The first-order valence-electron chi connectivity index (χ1n) is 8.23. The van der Waals surface area contributed by atoms with Gasteiger partial charge in [-0.05, 0) is 34.0 Å². The van der Waals surface area contributed by atoms with E-state index in [9.17, 15) is 13.2 Å². The maximum absolute atomic E-state index is 13.0. The van der Waals surface area contributed by atoms with Crippen LogP contribution in [0.15, 0.2) is 52.3 Å². The van der Waals surface area contributed by atoms with Crippen molar-refractivity contribution in [3.8, 4) is 5.69 Å². The molecule has 1 aliphatic heterocycles. The zero-order valence-corrected chi connectivity index (χ0v) is 15.8. The minimum atomic E-state index is -3.49. The fourth-order valence-electron chi connectivity index (χ4n) is 2.97. The van der Waals surface area contributed by atoms with E-state index in [1.54, 1.807) is 46.7 Å². The van der Waals surface area contributed by atoms with Crippen LogP contribution in [0.25, 0.3) is 5.69 Å². The zero-order valence-electron chi connectivity index (χ0n) is 14.2. The first kappa shape index (κ1) is 17.8. The molecule has 1 aromatic carbocycles. The molecule has 2 aromatic heterocycles. The second-order valence-corrected chi connectivity index (χ2v) is 9.01. The van der Waals surface area contributed by atoms with Gasteiger partial charge < -0.3 is 4.90 Å². The van der Waals surface area contributed by atoms with Crippen molar-refractivity contribution in [1.29, 1.82) is 0 Å². The largest absolute Gasteiger partial charge is 0.336 e. The Labute approximate surface area is 159 Å². The number of carbonyl (C=O) groups is 1. The van der Waals surface area contributed by atoms with Gasteiger partial charge in [0.2, 0.25) is 0 Å². The maximum Gasteiger partial charge on any atom is 0.256 e. The van der Waals surface area contributed by atoms with Gasteiger partial charge in [0.15, 0.2) is 0 Å². The highest BCUT2D eigenvalue weighted by Gasteiger charge is 2.31. The van der Waals surface area contributed by atoms with Gasteiger partial charge in [-0.2, -0.15) is 8.99 Å². The number of sulfonamides is 1. The summed E-state index contributed by atoms with van der Waals surface area (Å²) in [5.41, 5.74) is 1.06. The summed E-state index contributed by atoms with van der Waals surface area (Å²) in [5.74, 6) is -0.172. The monoisotopic (exact) mass is 404 g/mol. The average molecular weight is 404 g/mol. The Morgan fingerprint density at radius 1 is 1.04 bits per heavy atom. The molecule has 27 heavy (non-hydrogen) atoms. The summed E-state index contributed by atoms with van der Waals surface area (Å²) in [7, 11) is -3.49. The highest BCUT2D eigenvalue weighted by atomic mass is 32.2. The number of tetrazole rings is 1. The van der Waals surface area contributed by atoms with E-state index in [0.29, 0.717) is 28.5 Å². The Morgan fingerprint density at radius 2 is 1.81 bits per heavy atom. The van der Waals surface area contributed by atoms with Crippen LogP contribution in [-0.4, -0.2) is 69.9 Å². The van der Waals surface area contributed by atoms with E-state index in [4.69, 9.17) is 0 Å². The Balaban J connectivity index is 1.50. The van der Waals surface area contributed by atoms with Gasteiger partial charge in [0.1, 0.15) is 10.5 Å². The van der Waals surface area contributed by atoms with Crippen molar-refractivity contribution in [2.75, 3.05) is 26.2 Å². The number of hydrogen-bond donors (Lipinski definition) is 0. The molecule has 0 spiro atoms. The smallest absolute Gasteiger partial charge is 0.256 e. The lowest BCUT2D eigenvalue weighted by Crippen LogP contribution is -2.50. The van der Waals surface area contributed by atoms with E-state index >= 15 is 0 Å². The summed E-state index contributed by atoms with van der Waals surface area (Å²) < 4.78 is 28.4. The standard InChI is InChI=1S/C16H16N6O3S2/c23-16(13-4-1-2-5-14(13)22-12-17-18-19-22)20-7-9-21(10-8-20)27(24,25)15-6-3-11-26-15/h1-6,11-12H,7-10H2. The van der Waals surface area contributed by atoms with Crippen LogP contribution >= 0.6 is 11.3 Å². The van der Waals surface area contributed by atoms with Crippen LogP contribution in [0, 0.1) is 0 Å². The summed E-state index contributed by atoms with van der Waals surface area (Å²) in [6.45, 7) is 1.18. The number of nitrogens with zero attached hydrogens (tertiary/aromatic N) is 6. The second kappa shape index (κ2) is 7.18. The minimum Gasteiger partial charge on any atom is -0.336 e. The van der Waals surface area contributed by atoms with E-state index in [-0.39, 0.29) is 19.0 Å². The Hall–Kier alpha value is -2.63. The quantitative estimate of drug-likeness (QED) is 0.640. The number of benzene rings is 1. The van der Waals surface area contributed by atoms with Crippen LogP contribution in [-0.2, 0) is 10.0 Å². The summed E-state index contributed by atoms with van der Waals surface area (Å²) in [4.78, 5) is 14.6. The van der Waals surface area contributed by atoms with Crippen molar-refractivity contribution < 1.29 is 13.2 Å². The molecule has 0 atom stereocenters. The number of hydrogen-bond acceptors (Lipinski definition) is 7. The highest BCUT2D eigenvalue weighted by Crippen LogP contribution is 2.23. The highest BCUT2D eigenvalue weighted by molar-refractivity contribution is 7.91. The first-order valence-corrected chi connectivity index (χ1v) is 10.5. The van der Waals surface area contributed by atoms with Crippen LogP contribution in [0.2, 0.25) is 0 Å². The van der Waals surface area contributed by atoms with E-state index in [1.807, 2.05) is 0 Å². The van der Waals surface area contributed by atoms with Gasteiger partial charge in [0.05, 0.1) is 11.3 Å². The van der Waals surface area contributed by atoms with Crippen molar-refractivity contribution in [3.05, 3.63) is 53.7 Å². The normalized spacial score (nSPS) is 15.8. The van der Waals surface area contributed by atoms with Gasteiger partial charge >= 0.3 is 0 Å². The van der Waals surface area contributed by atoms with E-state index in [1.165, 1.54) is 26.7 Å². The molecule has 0 aliphatic carbocycles. The fourth-order valence-corrected chi connectivity index (χ4v) is 5.53. The van der Waals surface area contributed by atoms with Crippen molar-refractivity contribution in [2.24, 2.45) is 0 Å². The molecular weight excluding hydrogens is 388 g/mol. The molecule has 1 amide bonds. The van der Waals surface area contributed by atoms with Crippen molar-refractivity contribution in [2.45, 2.75) is 4.21 Å². The molecule has 11 heteroatoms. The molecule has 1 saturated heterocycles. The molecule has 9 nitrogen and oxygen atoms in total. The van der Waals surface area contributed by atoms with E-state index in [2.05, 4.69) is 15.5 Å². The molecule has 140 valence electrons. The van der Waals surface area contributed by atoms with Crippen molar-refractivity contribution in [1.82, 2.24) is 29.4 Å². The topological polar surface area (TPSA) is 101 Å². The molecule has 0 bridgehead atoms. The third-order valence-corrected chi connectivity index (χ3v) is 7.62. The number of thiophene rings is 1. The van der Waals surface area contributed by atoms with Crippen molar-refractivity contribution >= 4 is 27.3 Å². The van der Waals surface area contributed by atoms with Crippen LogP contribution in [0.3, 0.4) is 0 Å². The average Bonchev–Trinajstić information content (AvgIpc) is 3.41. The fraction of sp³-hybridized carbons (Fsp3) is 0.250. The molecule has 1 fully saturated rings. The number of carbonyl (C=O) groups excluding carboxylic acids is 1. The third-order valence-electron chi connectivity index (χ3n) is 4.35. The lowest BCUT2D eigenvalue weighted by atomic mass is 10.1. The summed E-state index contributed by atoms with van der Waals surface area (Å²) in [6, 6.07) is 10.4. The van der Waals surface area contributed by atoms with E-state index < -0.39 is 10.0 Å². The lowest BCUT2D eigenvalue weighted by Gasteiger charge is -2.34. The van der Waals surface area contributed by atoms with Gasteiger partial charge in [-0.25, -0.2) is 8.42 Å². The van der Waals surface area contributed by atoms with Crippen LogP contribution < -0.4 is 0 Å². The molecule has 0 N–H and O–H groups in total. The maximum atomic E-state index is 13.0. The number of amides is 1. The molecule has 3 heterocycles. The van der Waals surface area contributed by atoms with Crippen LogP contribution in [0.1, 0.15) is 10.4 Å². The lowest BCUT2D eigenvalue weighted by molar-refractivity contribution is 0.0698. The molecule has 0 unspecified atom stereocenters. The third kappa shape index (κ3) is 3.36. The van der Waals surface area contributed by atoms with Crippen LogP contribution in [0.5, 0.6) is 0 Å². The summed E-state index contributed by atoms with van der Waals surface area (Å²) in [5, 5.41) is 12.8. The van der Waals surface area contributed by atoms with Gasteiger partial charge in [-0.1, -0.05) is 18.2 Å². The minimum absolute atomic E-state index is 0.172. The molecular formula is C16H16N6O3S2. The van der Waals surface area contributed by atoms with Gasteiger partial charge in [-0.15, -0.1) is 16.4 Å². The summed E-state index contributed by atoms with van der Waals surface area (Å²) >= 11 is 1.20. The Morgan fingerprint density at radius 3 is 2.48 bits per heavy atom. The molecule has 3 aromatic rings. The first-order chi connectivity index (χ1) is 13.1. The van der Waals surface area contributed by atoms with Crippen LogP contribution in [0.4, 0.5) is 0 Å². The molecule has 1 aliphatic rings. The number of piperazine rings is 1. The van der Waals surface area contributed by atoms with Gasteiger partial charge in [-0.3, -0.25) is 4.79 Å². The summed E-state index contributed by atoms with van der Waals surface area (Å²) in [6.07, 6.45) is 1.43. The number of para-hydroxylation sites is 1. The number of rotatable bonds is 4. The Kier molecular flexibility index (Phi) is 4.72. The molecule has 0 saturated carbocycles. The number of aromatic nitrogens is 4. The van der Waals surface area contributed by atoms with E-state index in [0.717, 1.165) is 0 Å². The zero-order chi connectivity index (χ0) is 18.9. The van der Waals surface area contributed by atoms with Crippen molar-refractivity contribution in [3.63, 3.8) is 0 Å².